The summed E-state index contributed by atoms with van der Waals surface area (Å²) in [5.41, 5.74) is 3.75. The smallest absolute Gasteiger partial charge is 0.161 e. The maximum atomic E-state index is 11.2. The molecule has 0 spiro atoms. The first-order valence-electron chi connectivity index (χ1n) is 4.35. The normalized spacial score (nSPS) is 9.87. The van der Waals surface area contributed by atoms with Crippen LogP contribution in [-0.2, 0) is 0 Å². The number of anilines is 1. The third kappa shape index (κ3) is 3.19. The Morgan fingerprint density at radius 3 is 2.93 bits per heavy atom. The molecule has 0 saturated carbocycles. The van der Waals surface area contributed by atoms with E-state index < -0.39 is 0 Å². The van der Waals surface area contributed by atoms with Crippen LogP contribution < -0.4 is 5.43 Å². The average Bonchev–Trinajstić information content (AvgIpc) is 2.25. The van der Waals surface area contributed by atoms with Crippen molar-refractivity contribution in [3.8, 4) is 6.07 Å². The molecule has 0 amide bonds. The van der Waals surface area contributed by atoms with Gasteiger partial charge in [-0.2, -0.15) is 10.4 Å². The summed E-state index contributed by atoms with van der Waals surface area (Å²) in [6.45, 7) is 1.47. The number of rotatable bonds is 4. The molecular formula is C10H10N4O. The molecule has 1 rings (SSSR count). The monoisotopic (exact) mass is 202 g/mol. The number of nitrogens with zero attached hydrogens (tertiary/aromatic N) is 3. The van der Waals surface area contributed by atoms with E-state index in [9.17, 15) is 4.79 Å². The Morgan fingerprint density at radius 1 is 1.53 bits per heavy atom. The molecule has 76 valence electrons. The van der Waals surface area contributed by atoms with Gasteiger partial charge in [-0.3, -0.25) is 10.2 Å². The van der Waals surface area contributed by atoms with Gasteiger partial charge in [0.2, 0.25) is 0 Å². The number of Topliss-reactive ketones (excluding diaryl/α,β-unsaturated/α-hetero) is 1. The fourth-order valence-electron chi connectivity index (χ4n) is 1.04. The molecule has 1 aromatic rings. The van der Waals surface area contributed by atoms with Crippen LogP contribution in [0.2, 0.25) is 0 Å². The predicted octanol–water partition coefficient (Wildman–Crippen LogP) is 2.19. The Kier molecular flexibility index (Phi) is 3.98. The topological polar surface area (TPSA) is 77.6 Å². The van der Waals surface area contributed by atoms with Gasteiger partial charge in [0.1, 0.15) is 6.54 Å². The van der Waals surface area contributed by atoms with Gasteiger partial charge in [-0.15, -0.1) is 0 Å². The van der Waals surface area contributed by atoms with Crippen LogP contribution in [-0.4, -0.2) is 12.3 Å². The Bertz CT molecular complexity index is 420. The Labute approximate surface area is 87.4 Å². The van der Waals surface area contributed by atoms with Gasteiger partial charge in [0, 0.05) is 5.56 Å². The molecular weight excluding hydrogens is 192 g/mol. The van der Waals surface area contributed by atoms with Crippen LogP contribution in [0.1, 0.15) is 17.3 Å². The Hall–Kier alpha value is -2.22. The SMILES string of the molecule is CC(=O)c1ccccc1NN=NCC#N. The molecule has 0 saturated heterocycles. The van der Waals surface area contributed by atoms with E-state index in [1.807, 2.05) is 6.07 Å². The highest BCUT2D eigenvalue weighted by atomic mass is 16.1. The molecule has 0 fully saturated rings. The van der Waals surface area contributed by atoms with Gasteiger partial charge in [0.25, 0.3) is 0 Å². The summed E-state index contributed by atoms with van der Waals surface area (Å²) in [4.78, 5) is 11.2. The van der Waals surface area contributed by atoms with Gasteiger partial charge < -0.3 is 0 Å². The number of para-hydroxylation sites is 1. The summed E-state index contributed by atoms with van der Waals surface area (Å²) < 4.78 is 0. The van der Waals surface area contributed by atoms with Crippen molar-refractivity contribution in [2.45, 2.75) is 6.92 Å². The summed E-state index contributed by atoms with van der Waals surface area (Å²) in [7, 11) is 0. The minimum Gasteiger partial charge on any atom is -0.294 e. The molecule has 0 aliphatic carbocycles. The first kappa shape index (κ1) is 10.9. The lowest BCUT2D eigenvalue weighted by molar-refractivity contribution is 0.101. The molecule has 15 heavy (non-hydrogen) atoms. The zero-order chi connectivity index (χ0) is 11.1. The fourth-order valence-corrected chi connectivity index (χ4v) is 1.04. The highest BCUT2D eigenvalue weighted by Gasteiger charge is 2.04. The van der Waals surface area contributed by atoms with Gasteiger partial charge in [0.15, 0.2) is 5.78 Å². The second kappa shape index (κ2) is 5.50. The number of benzene rings is 1. The van der Waals surface area contributed by atoms with Crippen LogP contribution in [0.15, 0.2) is 34.6 Å². The van der Waals surface area contributed by atoms with Crippen molar-refractivity contribution in [2.24, 2.45) is 10.3 Å². The molecule has 0 unspecified atom stereocenters. The third-order valence-corrected chi connectivity index (χ3v) is 1.69. The highest BCUT2D eigenvalue weighted by molar-refractivity contribution is 5.99. The van der Waals surface area contributed by atoms with Crippen LogP contribution in [0.4, 0.5) is 5.69 Å². The van der Waals surface area contributed by atoms with Crippen LogP contribution >= 0.6 is 0 Å². The summed E-state index contributed by atoms with van der Waals surface area (Å²) in [5, 5.41) is 15.3. The summed E-state index contributed by atoms with van der Waals surface area (Å²) in [6, 6.07) is 8.81. The number of hydrogen-bond acceptors (Lipinski definition) is 4. The largest absolute Gasteiger partial charge is 0.294 e. The number of carbonyl (C=O) groups excluding carboxylic acids is 1. The number of ketones is 1. The quantitative estimate of drug-likeness (QED) is 0.352. The molecule has 0 aliphatic heterocycles. The average molecular weight is 202 g/mol. The molecule has 0 aromatic heterocycles. The molecule has 0 heterocycles. The zero-order valence-corrected chi connectivity index (χ0v) is 8.27. The van der Waals surface area contributed by atoms with Crippen molar-refractivity contribution in [2.75, 3.05) is 12.0 Å². The van der Waals surface area contributed by atoms with Gasteiger partial charge >= 0.3 is 0 Å². The number of carbonyl (C=O) groups is 1. The lowest BCUT2D eigenvalue weighted by atomic mass is 10.1. The first-order valence-corrected chi connectivity index (χ1v) is 4.35. The van der Waals surface area contributed by atoms with Crippen LogP contribution in [0.25, 0.3) is 0 Å². The molecule has 0 atom stereocenters. The molecule has 0 radical (unpaired) electrons. The maximum absolute atomic E-state index is 11.2. The number of nitrogens with one attached hydrogen (secondary N) is 1. The molecule has 1 aromatic carbocycles. The predicted molar refractivity (Wildman–Crippen MR) is 55.4 cm³/mol. The number of hydrogen-bond donors (Lipinski definition) is 1. The maximum Gasteiger partial charge on any atom is 0.161 e. The van der Waals surface area contributed by atoms with E-state index >= 15 is 0 Å². The molecule has 0 bridgehead atoms. The van der Waals surface area contributed by atoms with Crippen molar-refractivity contribution in [3.63, 3.8) is 0 Å². The van der Waals surface area contributed by atoms with E-state index in [4.69, 9.17) is 5.26 Å². The van der Waals surface area contributed by atoms with E-state index in [2.05, 4.69) is 15.8 Å². The minimum atomic E-state index is -0.0476. The standard InChI is InChI=1S/C10H10N4O/c1-8(15)9-4-2-3-5-10(9)13-14-12-7-6-11/h2-5H,7H2,1H3,(H,12,13). The second-order valence-electron chi connectivity index (χ2n) is 2.77. The van der Waals surface area contributed by atoms with Crippen molar-refractivity contribution < 1.29 is 4.79 Å². The van der Waals surface area contributed by atoms with Crippen LogP contribution in [0, 0.1) is 11.3 Å². The second-order valence-corrected chi connectivity index (χ2v) is 2.77. The summed E-state index contributed by atoms with van der Waals surface area (Å²) in [5.74, 6) is -0.0476. The molecule has 0 aliphatic rings. The van der Waals surface area contributed by atoms with Gasteiger partial charge in [-0.1, -0.05) is 17.4 Å². The van der Waals surface area contributed by atoms with E-state index in [0.717, 1.165) is 0 Å². The Morgan fingerprint density at radius 2 is 2.27 bits per heavy atom. The fraction of sp³-hybridized carbons (Fsp3) is 0.200. The molecule has 5 nitrogen and oxygen atoms in total. The summed E-state index contributed by atoms with van der Waals surface area (Å²) >= 11 is 0. The third-order valence-electron chi connectivity index (χ3n) is 1.69. The van der Waals surface area contributed by atoms with Crippen molar-refractivity contribution in [3.05, 3.63) is 29.8 Å². The van der Waals surface area contributed by atoms with Crippen LogP contribution in [0.3, 0.4) is 0 Å². The van der Waals surface area contributed by atoms with E-state index in [1.165, 1.54) is 6.92 Å². The lowest BCUT2D eigenvalue weighted by Crippen LogP contribution is -1.98. The first-order chi connectivity index (χ1) is 7.25. The zero-order valence-electron chi connectivity index (χ0n) is 8.27. The number of nitriles is 1. The van der Waals surface area contributed by atoms with Gasteiger partial charge in [-0.25, -0.2) is 0 Å². The van der Waals surface area contributed by atoms with Crippen molar-refractivity contribution in [1.29, 1.82) is 5.26 Å². The molecule has 1 N–H and O–H groups in total. The lowest BCUT2D eigenvalue weighted by Gasteiger charge is -2.03. The van der Waals surface area contributed by atoms with E-state index in [0.29, 0.717) is 11.3 Å². The van der Waals surface area contributed by atoms with Gasteiger partial charge in [-0.05, 0) is 19.1 Å². The summed E-state index contributed by atoms with van der Waals surface area (Å²) in [6.07, 6.45) is 0. The van der Waals surface area contributed by atoms with Crippen molar-refractivity contribution >= 4 is 11.5 Å². The molecule has 5 heteroatoms. The van der Waals surface area contributed by atoms with E-state index in [1.54, 1.807) is 24.3 Å². The van der Waals surface area contributed by atoms with Gasteiger partial charge in [0.05, 0.1) is 11.8 Å². The van der Waals surface area contributed by atoms with Crippen LogP contribution in [0.5, 0.6) is 0 Å². The minimum absolute atomic E-state index is 0.00472. The van der Waals surface area contributed by atoms with Crippen molar-refractivity contribution in [1.82, 2.24) is 0 Å². The van der Waals surface area contributed by atoms with E-state index in [-0.39, 0.29) is 12.3 Å². The Balaban J connectivity index is 2.77. The highest BCUT2D eigenvalue weighted by Crippen LogP contribution is 2.15.